The van der Waals surface area contributed by atoms with E-state index in [9.17, 15) is 5.11 Å². The summed E-state index contributed by atoms with van der Waals surface area (Å²) in [5.74, 6) is 0.599. The molecule has 0 aromatic heterocycles. The first-order valence-electron chi connectivity index (χ1n) is 6.53. The van der Waals surface area contributed by atoms with Gasteiger partial charge in [0.2, 0.25) is 0 Å². The molecule has 0 bridgehead atoms. The van der Waals surface area contributed by atoms with Crippen LogP contribution in [0.15, 0.2) is 16.6 Å². The summed E-state index contributed by atoms with van der Waals surface area (Å²) in [5.41, 5.74) is 1.04. The number of phenols is 1. The second kappa shape index (κ2) is 9.18. The summed E-state index contributed by atoms with van der Waals surface area (Å²) in [6.07, 6.45) is 0. The van der Waals surface area contributed by atoms with Crippen LogP contribution in [-0.2, 0) is 11.3 Å². The maximum absolute atomic E-state index is 9.72. The molecule has 0 aliphatic rings. The lowest BCUT2D eigenvalue weighted by Gasteiger charge is -2.11. The van der Waals surface area contributed by atoms with Gasteiger partial charge in [-0.3, -0.25) is 0 Å². The third-order valence-corrected chi connectivity index (χ3v) is 3.35. The van der Waals surface area contributed by atoms with Crippen molar-refractivity contribution in [2.24, 2.45) is 0 Å². The first-order chi connectivity index (χ1) is 9.54. The van der Waals surface area contributed by atoms with Gasteiger partial charge in [-0.05, 0) is 47.7 Å². The quantitative estimate of drug-likeness (QED) is 0.668. The van der Waals surface area contributed by atoms with Gasteiger partial charge < -0.3 is 24.8 Å². The van der Waals surface area contributed by atoms with Gasteiger partial charge in [-0.15, -0.1) is 0 Å². The fourth-order valence-corrected chi connectivity index (χ4v) is 2.10. The lowest BCUT2D eigenvalue weighted by atomic mass is 10.2. The molecular formula is C14H23BrN2O3. The Bertz CT molecular complexity index is 414. The van der Waals surface area contributed by atoms with Crippen LogP contribution >= 0.6 is 15.9 Å². The smallest absolute Gasteiger partial charge is 0.172 e. The van der Waals surface area contributed by atoms with E-state index in [0.29, 0.717) is 23.4 Å². The van der Waals surface area contributed by atoms with E-state index in [1.54, 1.807) is 0 Å². The van der Waals surface area contributed by atoms with Crippen LogP contribution in [0.2, 0.25) is 0 Å². The molecule has 1 aromatic rings. The predicted octanol–water partition coefficient (Wildman–Crippen LogP) is 1.83. The highest BCUT2D eigenvalue weighted by atomic mass is 79.9. The number of rotatable bonds is 9. The Morgan fingerprint density at radius 1 is 1.30 bits per heavy atom. The summed E-state index contributed by atoms with van der Waals surface area (Å²) in [7, 11) is 5.59. The van der Waals surface area contributed by atoms with Gasteiger partial charge in [0.25, 0.3) is 0 Å². The van der Waals surface area contributed by atoms with Gasteiger partial charge in [-0.25, -0.2) is 0 Å². The van der Waals surface area contributed by atoms with E-state index in [0.717, 1.165) is 25.3 Å². The number of hydrogen-bond donors (Lipinski definition) is 2. The predicted molar refractivity (Wildman–Crippen MR) is 83.4 cm³/mol. The Balaban J connectivity index is 2.27. The molecule has 1 rings (SSSR count). The Morgan fingerprint density at radius 2 is 2.05 bits per heavy atom. The van der Waals surface area contributed by atoms with E-state index in [4.69, 9.17) is 9.47 Å². The zero-order chi connectivity index (χ0) is 15.0. The number of aromatic hydroxyl groups is 1. The summed E-state index contributed by atoms with van der Waals surface area (Å²) in [6.45, 7) is 3.85. The molecule has 0 saturated heterocycles. The van der Waals surface area contributed by atoms with Crippen molar-refractivity contribution >= 4 is 15.9 Å². The lowest BCUT2D eigenvalue weighted by Crippen LogP contribution is -2.23. The molecule has 0 radical (unpaired) electrons. The summed E-state index contributed by atoms with van der Waals surface area (Å²) < 4.78 is 11.2. The van der Waals surface area contributed by atoms with E-state index >= 15 is 0 Å². The van der Waals surface area contributed by atoms with Crippen LogP contribution in [0.3, 0.4) is 0 Å². The maximum Gasteiger partial charge on any atom is 0.172 e. The molecule has 2 N–H and O–H groups in total. The molecule has 0 saturated carbocycles. The van der Waals surface area contributed by atoms with Crippen LogP contribution in [0.4, 0.5) is 0 Å². The normalized spacial score (nSPS) is 11.1. The number of methoxy groups -OCH3 is 1. The van der Waals surface area contributed by atoms with Gasteiger partial charge in [0.1, 0.15) is 0 Å². The molecule has 0 fully saturated rings. The average Bonchev–Trinajstić information content (AvgIpc) is 2.41. The summed E-state index contributed by atoms with van der Waals surface area (Å²) in [4.78, 5) is 2.09. The monoisotopic (exact) mass is 346 g/mol. The molecule has 6 heteroatoms. The van der Waals surface area contributed by atoms with Gasteiger partial charge in [-0.1, -0.05) is 0 Å². The first-order valence-corrected chi connectivity index (χ1v) is 7.32. The highest BCUT2D eigenvalue weighted by molar-refractivity contribution is 9.10. The number of halogens is 1. The fourth-order valence-electron chi connectivity index (χ4n) is 1.61. The first kappa shape index (κ1) is 17.2. The zero-order valence-corrected chi connectivity index (χ0v) is 13.9. The molecule has 20 heavy (non-hydrogen) atoms. The Kier molecular flexibility index (Phi) is 7.91. The van der Waals surface area contributed by atoms with E-state index in [-0.39, 0.29) is 5.75 Å². The molecule has 0 spiro atoms. The Morgan fingerprint density at radius 3 is 2.70 bits per heavy atom. The number of hydrogen-bond acceptors (Lipinski definition) is 5. The number of ether oxygens (including phenoxy) is 2. The van der Waals surface area contributed by atoms with Crippen molar-refractivity contribution in [1.82, 2.24) is 10.2 Å². The number of nitrogens with zero attached hydrogens (tertiary/aromatic N) is 1. The third-order valence-electron chi connectivity index (χ3n) is 2.74. The zero-order valence-electron chi connectivity index (χ0n) is 12.3. The van der Waals surface area contributed by atoms with Crippen LogP contribution in [-0.4, -0.2) is 57.5 Å². The molecule has 0 heterocycles. The van der Waals surface area contributed by atoms with Crippen molar-refractivity contribution in [3.63, 3.8) is 0 Å². The van der Waals surface area contributed by atoms with Crippen LogP contribution < -0.4 is 10.1 Å². The molecule has 0 atom stereocenters. The third kappa shape index (κ3) is 6.09. The molecule has 1 aromatic carbocycles. The van der Waals surface area contributed by atoms with E-state index in [1.165, 1.54) is 7.11 Å². The highest BCUT2D eigenvalue weighted by Gasteiger charge is 2.08. The fraction of sp³-hybridized carbons (Fsp3) is 0.571. The van der Waals surface area contributed by atoms with E-state index in [2.05, 4.69) is 26.1 Å². The van der Waals surface area contributed by atoms with Crippen LogP contribution in [0.25, 0.3) is 0 Å². The SMILES string of the molecule is COc1cc(CNCCOCCN(C)C)cc(Br)c1O. The average molecular weight is 347 g/mol. The minimum absolute atomic E-state index is 0.128. The Hall–Kier alpha value is -0.820. The largest absolute Gasteiger partial charge is 0.503 e. The van der Waals surface area contributed by atoms with Gasteiger partial charge in [0, 0.05) is 19.6 Å². The maximum atomic E-state index is 9.72. The molecular weight excluding hydrogens is 324 g/mol. The lowest BCUT2D eigenvalue weighted by molar-refractivity contribution is 0.119. The van der Waals surface area contributed by atoms with E-state index < -0.39 is 0 Å². The number of nitrogens with one attached hydrogen (secondary N) is 1. The standard InChI is InChI=1S/C14H23BrN2O3/c1-17(2)5-7-20-6-4-16-10-11-8-12(15)14(18)13(9-11)19-3/h8-9,16,18H,4-7,10H2,1-3H3. The summed E-state index contributed by atoms with van der Waals surface area (Å²) in [6, 6.07) is 3.69. The van der Waals surface area contributed by atoms with Crippen molar-refractivity contribution in [2.45, 2.75) is 6.54 Å². The van der Waals surface area contributed by atoms with Crippen LogP contribution in [0.5, 0.6) is 11.5 Å². The molecule has 0 aliphatic carbocycles. The van der Waals surface area contributed by atoms with Gasteiger partial charge in [-0.2, -0.15) is 0 Å². The highest BCUT2D eigenvalue weighted by Crippen LogP contribution is 2.35. The number of phenolic OH excluding ortho intramolecular Hbond substituents is 1. The second-order valence-electron chi connectivity index (χ2n) is 4.72. The van der Waals surface area contributed by atoms with Crippen molar-refractivity contribution in [3.05, 3.63) is 22.2 Å². The minimum Gasteiger partial charge on any atom is -0.503 e. The minimum atomic E-state index is 0.128. The molecule has 0 unspecified atom stereocenters. The van der Waals surface area contributed by atoms with Gasteiger partial charge in [0.15, 0.2) is 11.5 Å². The summed E-state index contributed by atoms with van der Waals surface area (Å²) in [5, 5.41) is 13.0. The second-order valence-corrected chi connectivity index (χ2v) is 5.58. The molecule has 0 amide bonds. The topological polar surface area (TPSA) is 54.0 Å². The molecule has 0 aliphatic heterocycles. The van der Waals surface area contributed by atoms with Crippen molar-refractivity contribution in [1.29, 1.82) is 0 Å². The van der Waals surface area contributed by atoms with E-state index in [1.807, 2.05) is 26.2 Å². The summed E-state index contributed by atoms with van der Waals surface area (Å²) >= 11 is 3.31. The molecule has 5 nitrogen and oxygen atoms in total. The van der Waals surface area contributed by atoms with Gasteiger partial charge >= 0.3 is 0 Å². The Labute approximate surface area is 129 Å². The van der Waals surface area contributed by atoms with Crippen molar-refractivity contribution in [3.8, 4) is 11.5 Å². The van der Waals surface area contributed by atoms with Crippen molar-refractivity contribution in [2.75, 3.05) is 47.5 Å². The molecule has 114 valence electrons. The number of likely N-dealkylation sites (N-methyl/N-ethyl adjacent to an activating group) is 1. The van der Waals surface area contributed by atoms with Crippen LogP contribution in [0.1, 0.15) is 5.56 Å². The number of benzene rings is 1. The van der Waals surface area contributed by atoms with Crippen LogP contribution in [0, 0.1) is 0 Å². The van der Waals surface area contributed by atoms with Gasteiger partial charge in [0.05, 0.1) is 24.8 Å². The van der Waals surface area contributed by atoms with Crippen molar-refractivity contribution < 1.29 is 14.6 Å².